The molecule has 88 valence electrons. The van der Waals surface area contributed by atoms with Crippen molar-refractivity contribution in [2.24, 2.45) is 0 Å². The summed E-state index contributed by atoms with van der Waals surface area (Å²) in [6, 6.07) is 7.85. The molecule has 2 heterocycles. The van der Waals surface area contributed by atoms with Gasteiger partial charge in [0.15, 0.2) is 5.78 Å². The van der Waals surface area contributed by atoms with E-state index in [1.54, 1.807) is 23.6 Å². The van der Waals surface area contributed by atoms with Crippen LogP contribution in [-0.4, -0.2) is 17.8 Å². The number of anilines is 1. The van der Waals surface area contributed by atoms with Gasteiger partial charge >= 0.3 is 0 Å². The van der Waals surface area contributed by atoms with Gasteiger partial charge in [-0.3, -0.25) is 9.78 Å². The van der Waals surface area contributed by atoms with Gasteiger partial charge in [-0.15, -0.1) is 11.3 Å². The van der Waals surface area contributed by atoms with Crippen molar-refractivity contribution in [2.75, 3.05) is 11.9 Å². The Morgan fingerprint density at radius 2 is 2.24 bits per heavy atom. The van der Waals surface area contributed by atoms with E-state index < -0.39 is 0 Å². The molecule has 0 aliphatic heterocycles. The molecule has 0 N–H and O–H groups in total. The summed E-state index contributed by atoms with van der Waals surface area (Å²) < 4.78 is 0. The molecule has 2 rings (SSSR count). The maximum absolute atomic E-state index is 11.1. The molecule has 0 radical (unpaired) electrons. The van der Waals surface area contributed by atoms with Crippen LogP contribution in [0.1, 0.15) is 22.3 Å². The number of ketones is 1. The van der Waals surface area contributed by atoms with Crippen molar-refractivity contribution >= 4 is 22.8 Å². The SMILES string of the molecule is CC(=O)c1ccc(N(C)Cc2cccs2)cn1. The Morgan fingerprint density at radius 3 is 2.76 bits per heavy atom. The number of pyridine rings is 1. The van der Waals surface area contributed by atoms with Crippen molar-refractivity contribution in [1.29, 1.82) is 0 Å². The molecule has 2 aromatic rings. The summed E-state index contributed by atoms with van der Waals surface area (Å²) in [6.07, 6.45) is 1.74. The second kappa shape index (κ2) is 5.10. The number of aromatic nitrogens is 1. The van der Waals surface area contributed by atoms with E-state index in [0.29, 0.717) is 5.69 Å². The average molecular weight is 246 g/mol. The van der Waals surface area contributed by atoms with Crippen molar-refractivity contribution in [3.63, 3.8) is 0 Å². The van der Waals surface area contributed by atoms with E-state index in [4.69, 9.17) is 0 Å². The first-order chi connectivity index (χ1) is 8.16. The van der Waals surface area contributed by atoms with Crippen LogP contribution in [0.4, 0.5) is 5.69 Å². The van der Waals surface area contributed by atoms with Crippen molar-refractivity contribution in [1.82, 2.24) is 4.98 Å². The van der Waals surface area contributed by atoms with E-state index in [9.17, 15) is 4.79 Å². The molecule has 0 bridgehead atoms. The van der Waals surface area contributed by atoms with Gasteiger partial charge in [0.05, 0.1) is 18.4 Å². The standard InChI is InChI=1S/C13H14N2OS/c1-10(16)13-6-5-11(8-14-13)15(2)9-12-4-3-7-17-12/h3-8H,9H2,1-2H3. The summed E-state index contributed by atoms with van der Waals surface area (Å²) in [6.45, 7) is 2.39. The Hall–Kier alpha value is -1.68. The third-order valence-corrected chi connectivity index (χ3v) is 3.38. The van der Waals surface area contributed by atoms with Gasteiger partial charge in [0.1, 0.15) is 5.69 Å². The Bertz CT molecular complexity index is 491. The van der Waals surface area contributed by atoms with Gasteiger partial charge in [-0.2, -0.15) is 0 Å². The predicted octanol–water partition coefficient (Wildman–Crippen LogP) is 2.98. The summed E-state index contributed by atoms with van der Waals surface area (Å²) in [5.41, 5.74) is 1.53. The zero-order valence-corrected chi connectivity index (χ0v) is 10.7. The van der Waals surface area contributed by atoms with Crippen LogP contribution in [0.15, 0.2) is 35.8 Å². The van der Waals surface area contributed by atoms with Crippen LogP contribution in [0.25, 0.3) is 0 Å². The normalized spacial score (nSPS) is 10.2. The van der Waals surface area contributed by atoms with Crippen LogP contribution in [0, 0.1) is 0 Å². The van der Waals surface area contributed by atoms with E-state index >= 15 is 0 Å². The molecule has 0 unspecified atom stereocenters. The van der Waals surface area contributed by atoms with Crippen molar-refractivity contribution < 1.29 is 4.79 Å². The van der Waals surface area contributed by atoms with Crippen LogP contribution >= 0.6 is 11.3 Å². The molecule has 2 aromatic heterocycles. The second-order valence-corrected chi connectivity index (χ2v) is 4.93. The quantitative estimate of drug-likeness (QED) is 0.778. The molecule has 0 aliphatic rings. The Morgan fingerprint density at radius 1 is 1.41 bits per heavy atom. The third kappa shape index (κ3) is 2.91. The summed E-state index contributed by atoms with van der Waals surface area (Å²) >= 11 is 1.74. The minimum absolute atomic E-state index is 0.00235. The van der Waals surface area contributed by atoms with Crippen LogP contribution in [0.2, 0.25) is 0 Å². The fourth-order valence-corrected chi connectivity index (χ4v) is 2.30. The predicted molar refractivity (Wildman–Crippen MR) is 70.7 cm³/mol. The molecular weight excluding hydrogens is 232 g/mol. The Labute approximate surface area is 105 Å². The van der Waals surface area contributed by atoms with E-state index in [2.05, 4.69) is 21.3 Å². The molecular formula is C13H14N2OS. The molecule has 0 amide bonds. The van der Waals surface area contributed by atoms with E-state index in [-0.39, 0.29) is 5.78 Å². The summed E-state index contributed by atoms with van der Waals surface area (Å²) in [7, 11) is 2.02. The van der Waals surface area contributed by atoms with Gasteiger partial charge in [-0.25, -0.2) is 0 Å². The van der Waals surface area contributed by atoms with Crippen molar-refractivity contribution in [3.05, 3.63) is 46.4 Å². The lowest BCUT2D eigenvalue weighted by molar-refractivity contribution is 0.101. The zero-order valence-electron chi connectivity index (χ0n) is 9.88. The van der Waals surface area contributed by atoms with Crippen LogP contribution in [-0.2, 0) is 6.54 Å². The van der Waals surface area contributed by atoms with Crippen molar-refractivity contribution in [3.8, 4) is 0 Å². The van der Waals surface area contributed by atoms with Gasteiger partial charge in [-0.1, -0.05) is 6.07 Å². The number of carbonyl (C=O) groups is 1. The first-order valence-corrected chi connectivity index (χ1v) is 6.25. The first kappa shape index (κ1) is 11.8. The average Bonchev–Trinajstić information content (AvgIpc) is 2.82. The van der Waals surface area contributed by atoms with E-state index in [1.165, 1.54) is 11.8 Å². The minimum atomic E-state index is -0.00235. The van der Waals surface area contributed by atoms with E-state index in [1.807, 2.05) is 19.2 Å². The largest absolute Gasteiger partial charge is 0.368 e. The van der Waals surface area contributed by atoms with Crippen LogP contribution in [0.5, 0.6) is 0 Å². The number of rotatable bonds is 4. The maximum Gasteiger partial charge on any atom is 0.178 e. The highest BCUT2D eigenvalue weighted by atomic mass is 32.1. The lowest BCUT2D eigenvalue weighted by Crippen LogP contribution is -2.16. The molecule has 0 saturated carbocycles. The van der Waals surface area contributed by atoms with Crippen LogP contribution in [0.3, 0.4) is 0 Å². The fourth-order valence-electron chi connectivity index (χ4n) is 1.55. The summed E-state index contributed by atoms with van der Waals surface area (Å²) in [4.78, 5) is 18.7. The second-order valence-electron chi connectivity index (χ2n) is 3.89. The summed E-state index contributed by atoms with van der Waals surface area (Å²) in [5, 5.41) is 2.07. The molecule has 4 heteroatoms. The lowest BCUT2D eigenvalue weighted by Gasteiger charge is -2.17. The fraction of sp³-hybridized carbons (Fsp3) is 0.231. The smallest absolute Gasteiger partial charge is 0.178 e. The van der Waals surface area contributed by atoms with Gasteiger partial charge in [0.2, 0.25) is 0 Å². The summed E-state index contributed by atoms with van der Waals surface area (Å²) in [5.74, 6) is -0.00235. The molecule has 0 atom stereocenters. The molecule has 3 nitrogen and oxygen atoms in total. The number of Topliss-reactive ketones (excluding diaryl/α,β-unsaturated/α-hetero) is 1. The number of carbonyl (C=O) groups excluding carboxylic acids is 1. The number of hydrogen-bond donors (Lipinski definition) is 0. The Balaban J connectivity index is 2.09. The number of nitrogens with zero attached hydrogens (tertiary/aromatic N) is 2. The van der Waals surface area contributed by atoms with E-state index in [0.717, 1.165) is 12.2 Å². The minimum Gasteiger partial charge on any atom is -0.368 e. The van der Waals surface area contributed by atoms with Gasteiger partial charge < -0.3 is 4.90 Å². The molecule has 0 spiro atoms. The molecule has 0 aromatic carbocycles. The number of thiophene rings is 1. The van der Waals surface area contributed by atoms with Gasteiger partial charge in [0, 0.05) is 18.8 Å². The monoisotopic (exact) mass is 246 g/mol. The highest BCUT2D eigenvalue weighted by molar-refractivity contribution is 7.09. The molecule has 0 fully saturated rings. The zero-order chi connectivity index (χ0) is 12.3. The third-order valence-electron chi connectivity index (χ3n) is 2.52. The molecule has 0 saturated heterocycles. The topological polar surface area (TPSA) is 33.2 Å². The maximum atomic E-state index is 11.1. The highest BCUT2D eigenvalue weighted by Gasteiger charge is 2.05. The Kier molecular flexibility index (Phi) is 3.54. The number of hydrogen-bond acceptors (Lipinski definition) is 4. The molecule has 17 heavy (non-hydrogen) atoms. The van der Waals surface area contributed by atoms with Gasteiger partial charge in [0.25, 0.3) is 0 Å². The molecule has 0 aliphatic carbocycles. The van der Waals surface area contributed by atoms with Crippen LogP contribution < -0.4 is 4.90 Å². The first-order valence-electron chi connectivity index (χ1n) is 5.37. The highest BCUT2D eigenvalue weighted by Crippen LogP contribution is 2.17. The van der Waals surface area contributed by atoms with Crippen molar-refractivity contribution in [2.45, 2.75) is 13.5 Å². The lowest BCUT2D eigenvalue weighted by atomic mass is 10.2. The van der Waals surface area contributed by atoms with Gasteiger partial charge in [-0.05, 0) is 23.6 Å².